The summed E-state index contributed by atoms with van der Waals surface area (Å²) < 4.78 is 13.5. The van der Waals surface area contributed by atoms with Crippen LogP contribution in [0.3, 0.4) is 0 Å². The van der Waals surface area contributed by atoms with Gasteiger partial charge in [-0.3, -0.25) is 9.59 Å². The molecule has 2 rings (SSSR count). The first-order valence-corrected chi connectivity index (χ1v) is 7.82. The van der Waals surface area contributed by atoms with Crippen LogP contribution in [0.15, 0.2) is 30.9 Å². The summed E-state index contributed by atoms with van der Waals surface area (Å²) in [5.41, 5.74) is 1.55. The van der Waals surface area contributed by atoms with Gasteiger partial charge in [-0.15, -0.1) is 6.58 Å². The molecule has 23 heavy (non-hydrogen) atoms. The largest absolute Gasteiger partial charge is 0.352 e. The number of hydrogen-bond acceptors (Lipinski definition) is 2. The van der Waals surface area contributed by atoms with E-state index in [4.69, 9.17) is 0 Å². The molecule has 1 aliphatic heterocycles. The molecule has 0 aliphatic carbocycles. The molecule has 1 saturated heterocycles. The van der Waals surface area contributed by atoms with Gasteiger partial charge >= 0.3 is 0 Å². The molecular formula is C18H23FN2O2. The molecule has 2 amide bonds. The minimum atomic E-state index is -0.261. The van der Waals surface area contributed by atoms with Crippen LogP contribution in [0.2, 0.25) is 0 Å². The maximum absolute atomic E-state index is 13.5. The van der Waals surface area contributed by atoms with Crippen LogP contribution < -0.4 is 5.32 Å². The van der Waals surface area contributed by atoms with Crippen LogP contribution in [0.5, 0.6) is 0 Å². The van der Waals surface area contributed by atoms with Crippen LogP contribution in [0, 0.1) is 18.7 Å². The summed E-state index contributed by atoms with van der Waals surface area (Å²) in [5.74, 6) is -0.586. The number of hydrogen-bond donors (Lipinski definition) is 1. The van der Waals surface area contributed by atoms with Crippen molar-refractivity contribution in [3.63, 3.8) is 0 Å². The molecule has 2 unspecified atom stereocenters. The normalized spacial score (nSPS) is 20.9. The van der Waals surface area contributed by atoms with Crippen molar-refractivity contribution in [3.8, 4) is 0 Å². The highest BCUT2D eigenvalue weighted by molar-refractivity contribution is 5.81. The van der Waals surface area contributed by atoms with Crippen molar-refractivity contribution in [2.75, 3.05) is 19.6 Å². The van der Waals surface area contributed by atoms with Crippen molar-refractivity contribution in [2.45, 2.75) is 26.2 Å². The van der Waals surface area contributed by atoms with Crippen LogP contribution in [0.1, 0.15) is 30.4 Å². The molecule has 5 heteroatoms. The van der Waals surface area contributed by atoms with Gasteiger partial charge in [0.25, 0.3) is 0 Å². The first-order chi connectivity index (χ1) is 10.9. The van der Waals surface area contributed by atoms with E-state index < -0.39 is 0 Å². The number of piperidine rings is 1. The van der Waals surface area contributed by atoms with Gasteiger partial charge in [-0.1, -0.05) is 18.2 Å². The standard InChI is InChI=1S/C18H23FN2O2/c1-4-7-20-18(23)16-9-15(10-21(11-16)13(3)22)14-5-6-17(19)12(2)8-14/h4-6,8,15-16H,1,7,9-11H2,2-3H3,(H,20,23). The lowest BCUT2D eigenvalue weighted by atomic mass is 9.83. The number of nitrogens with one attached hydrogen (secondary N) is 1. The number of halogens is 1. The Morgan fingerprint density at radius 3 is 2.78 bits per heavy atom. The molecule has 0 radical (unpaired) electrons. The van der Waals surface area contributed by atoms with Gasteiger partial charge in [-0.25, -0.2) is 4.39 Å². The zero-order valence-electron chi connectivity index (χ0n) is 13.6. The van der Waals surface area contributed by atoms with E-state index in [9.17, 15) is 14.0 Å². The van der Waals surface area contributed by atoms with E-state index in [2.05, 4.69) is 11.9 Å². The predicted octanol–water partition coefficient (Wildman–Crippen LogP) is 2.39. The van der Waals surface area contributed by atoms with E-state index >= 15 is 0 Å². The molecule has 0 aromatic heterocycles. The first kappa shape index (κ1) is 17.2. The SMILES string of the molecule is C=CCNC(=O)C1CC(c2ccc(F)c(C)c2)CN(C(C)=O)C1. The maximum Gasteiger partial charge on any atom is 0.225 e. The van der Waals surface area contributed by atoms with Crippen LogP contribution in [0.25, 0.3) is 0 Å². The highest BCUT2D eigenvalue weighted by atomic mass is 19.1. The molecule has 1 heterocycles. The molecule has 0 spiro atoms. The highest BCUT2D eigenvalue weighted by Gasteiger charge is 2.33. The number of aryl methyl sites for hydroxylation is 1. The Morgan fingerprint density at radius 1 is 1.43 bits per heavy atom. The lowest BCUT2D eigenvalue weighted by molar-refractivity contribution is -0.134. The average molecular weight is 318 g/mol. The van der Waals surface area contributed by atoms with Crippen molar-refractivity contribution in [1.29, 1.82) is 0 Å². The predicted molar refractivity (Wildman–Crippen MR) is 87.4 cm³/mol. The first-order valence-electron chi connectivity index (χ1n) is 7.82. The van der Waals surface area contributed by atoms with E-state index in [0.29, 0.717) is 31.6 Å². The van der Waals surface area contributed by atoms with E-state index in [0.717, 1.165) is 5.56 Å². The van der Waals surface area contributed by atoms with Crippen molar-refractivity contribution in [3.05, 3.63) is 47.8 Å². The number of amides is 2. The highest BCUT2D eigenvalue weighted by Crippen LogP contribution is 2.31. The summed E-state index contributed by atoms with van der Waals surface area (Å²) in [7, 11) is 0. The van der Waals surface area contributed by atoms with Gasteiger partial charge in [0.1, 0.15) is 5.82 Å². The fourth-order valence-corrected chi connectivity index (χ4v) is 3.03. The summed E-state index contributed by atoms with van der Waals surface area (Å²) in [6.07, 6.45) is 2.28. The maximum atomic E-state index is 13.5. The van der Waals surface area contributed by atoms with Gasteiger partial charge in [0.15, 0.2) is 0 Å². The van der Waals surface area contributed by atoms with E-state index in [-0.39, 0.29) is 29.5 Å². The zero-order valence-corrected chi connectivity index (χ0v) is 13.6. The van der Waals surface area contributed by atoms with Crippen molar-refractivity contribution < 1.29 is 14.0 Å². The fourth-order valence-electron chi connectivity index (χ4n) is 3.03. The minimum absolute atomic E-state index is 0.0337. The second kappa shape index (κ2) is 7.40. The Morgan fingerprint density at radius 2 is 2.17 bits per heavy atom. The number of carbonyl (C=O) groups is 2. The third-order valence-electron chi connectivity index (χ3n) is 4.34. The summed E-state index contributed by atoms with van der Waals surface area (Å²) in [5, 5.41) is 2.80. The molecule has 4 nitrogen and oxygen atoms in total. The number of likely N-dealkylation sites (tertiary alicyclic amines) is 1. The van der Waals surface area contributed by atoms with Crippen LogP contribution in [-0.4, -0.2) is 36.3 Å². The van der Waals surface area contributed by atoms with E-state index in [1.807, 2.05) is 6.07 Å². The molecule has 0 bridgehead atoms. The Labute approximate surface area is 136 Å². The third kappa shape index (κ3) is 4.18. The zero-order chi connectivity index (χ0) is 17.0. The molecule has 2 atom stereocenters. The second-order valence-corrected chi connectivity index (χ2v) is 6.10. The van der Waals surface area contributed by atoms with Gasteiger partial charge < -0.3 is 10.2 Å². The number of nitrogens with zero attached hydrogens (tertiary/aromatic N) is 1. The average Bonchev–Trinajstić information content (AvgIpc) is 2.54. The van der Waals surface area contributed by atoms with Gasteiger partial charge in [0.05, 0.1) is 5.92 Å². The number of benzene rings is 1. The smallest absolute Gasteiger partial charge is 0.225 e. The Balaban J connectivity index is 2.20. The summed E-state index contributed by atoms with van der Waals surface area (Å²) in [6.45, 7) is 8.22. The summed E-state index contributed by atoms with van der Waals surface area (Å²) >= 11 is 0. The van der Waals surface area contributed by atoms with Gasteiger partial charge in [-0.2, -0.15) is 0 Å². The van der Waals surface area contributed by atoms with Crippen LogP contribution in [0.4, 0.5) is 4.39 Å². The van der Waals surface area contributed by atoms with Gasteiger partial charge in [0, 0.05) is 32.5 Å². The summed E-state index contributed by atoms with van der Waals surface area (Å²) in [6, 6.07) is 5.00. The lowest BCUT2D eigenvalue weighted by Crippen LogP contribution is -2.47. The molecule has 1 fully saturated rings. The molecule has 0 saturated carbocycles. The Bertz CT molecular complexity index is 615. The van der Waals surface area contributed by atoms with Crippen LogP contribution in [-0.2, 0) is 9.59 Å². The van der Waals surface area contributed by atoms with Crippen molar-refractivity contribution in [1.82, 2.24) is 10.2 Å². The van der Waals surface area contributed by atoms with Crippen molar-refractivity contribution in [2.24, 2.45) is 5.92 Å². The quantitative estimate of drug-likeness (QED) is 0.867. The second-order valence-electron chi connectivity index (χ2n) is 6.10. The molecule has 1 aliphatic rings. The Kier molecular flexibility index (Phi) is 5.53. The third-order valence-corrected chi connectivity index (χ3v) is 4.34. The Hall–Kier alpha value is -2.17. The van der Waals surface area contributed by atoms with Crippen molar-refractivity contribution >= 4 is 11.8 Å². The summed E-state index contributed by atoms with van der Waals surface area (Å²) in [4.78, 5) is 25.8. The lowest BCUT2D eigenvalue weighted by Gasteiger charge is -2.37. The number of rotatable bonds is 4. The monoisotopic (exact) mass is 318 g/mol. The molecule has 124 valence electrons. The molecule has 1 aromatic rings. The molecular weight excluding hydrogens is 295 g/mol. The number of carbonyl (C=O) groups excluding carboxylic acids is 2. The molecule has 1 N–H and O–H groups in total. The van der Waals surface area contributed by atoms with Crippen LogP contribution >= 0.6 is 0 Å². The van der Waals surface area contributed by atoms with Gasteiger partial charge in [0.2, 0.25) is 11.8 Å². The van der Waals surface area contributed by atoms with E-state index in [1.54, 1.807) is 24.0 Å². The minimum Gasteiger partial charge on any atom is -0.352 e. The van der Waals surface area contributed by atoms with E-state index in [1.165, 1.54) is 13.0 Å². The topological polar surface area (TPSA) is 49.4 Å². The van der Waals surface area contributed by atoms with Gasteiger partial charge in [-0.05, 0) is 30.5 Å². The molecule has 1 aromatic carbocycles. The fraction of sp³-hybridized carbons (Fsp3) is 0.444.